The standard InChI is InChI=1S/C22H29NO3S/c1-16(2)21(27-15-17-8-6-5-7-9-17)22(24)23-13-12-18-10-11-19(25-3)14-20(18)26-4/h5-11,14,16,21H,12-13,15H2,1-4H3,(H,23,24). The summed E-state index contributed by atoms with van der Waals surface area (Å²) in [6.07, 6.45) is 0.715. The molecule has 0 bridgehead atoms. The van der Waals surface area contributed by atoms with E-state index < -0.39 is 0 Å². The number of hydrogen-bond donors (Lipinski definition) is 1. The van der Waals surface area contributed by atoms with E-state index in [2.05, 4.69) is 31.3 Å². The minimum Gasteiger partial charge on any atom is -0.497 e. The molecule has 4 nitrogen and oxygen atoms in total. The van der Waals surface area contributed by atoms with Gasteiger partial charge in [-0.05, 0) is 29.5 Å². The zero-order valence-corrected chi connectivity index (χ0v) is 17.3. The molecule has 0 saturated carbocycles. The summed E-state index contributed by atoms with van der Waals surface area (Å²) < 4.78 is 10.6. The van der Waals surface area contributed by atoms with E-state index in [0.717, 1.165) is 22.8 Å². The van der Waals surface area contributed by atoms with Crippen molar-refractivity contribution in [2.45, 2.75) is 31.3 Å². The van der Waals surface area contributed by atoms with Gasteiger partial charge in [0.15, 0.2) is 0 Å². The third-order valence-electron chi connectivity index (χ3n) is 4.32. The number of ether oxygens (including phenoxy) is 2. The molecule has 2 aromatic rings. The van der Waals surface area contributed by atoms with Crippen LogP contribution in [0.3, 0.4) is 0 Å². The van der Waals surface area contributed by atoms with Crippen LogP contribution < -0.4 is 14.8 Å². The lowest BCUT2D eigenvalue weighted by Gasteiger charge is -2.20. The Morgan fingerprint density at radius 1 is 1.07 bits per heavy atom. The molecule has 1 N–H and O–H groups in total. The maximum Gasteiger partial charge on any atom is 0.233 e. The van der Waals surface area contributed by atoms with Crippen molar-refractivity contribution >= 4 is 17.7 Å². The molecule has 0 heterocycles. The maximum atomic E-state index is 12.7. The van der Waals surface area contributed by atoms with E-state index in [1.54, 1.807) is 26.0 Å². The number of thioether (sulfide) groups is 1. The average Bonchev–Trinajstić information content (AvgIpc) is 2.68. The summed E-state index contributed by atoms with van der Waals surface area (Å²) in [7, 11) is 3.28. The number of nitrogens with one attached hydrogen (secondary N) is 1. The molecule has 27 heavy (non-hydrogen) atoms. The first-order valence-corrected chi connectivity index (χ1v) is 10.2. The molecule has 0 saturated heterocycles. The second-order valence-electron chi connectivity index (χ2n) is 6.68. The number of rotatable bonds is 10. The number of carbonyl (C=O) groups is 1. The van der Waals surface area contributed by atoms with E-state index in [9.17, 15) is 4.79 Å². The van der Waals surface area contributed by atoms with Crippen LogP contribution in [0.25, 0.3) is 0 Å². The van der Waals surface area contributed by atoms with Gasteiger partial charge in [-0.2, -0.15) is 0 Å². The molecule has 0 spiro atoms. The Morgan fingerprint density at radius 3 is 2.44 bits per heavy atom. The SMILES string of the molecule is COc1ccc(CCNC(=O)C(SCc2ccccc2)C(C)C)c(OC)c1. The van der Waals surface area contributed by atoms with Gasteiger partial charge < -0.3 is 14.8 Å². The zero-order valence-electron chi connectivity index (χ0n) is 16.5. The molecule has 1 atom stereocenters. The molecule has 0 aliphatic carbocycles. The third-order valence-corrected chi connectivity index (χ3v) is 5.94. The van der Waals surface area contributed by atoms with E-state index in [1.165, 1.54) is 5.56 Å². The normalized spacial score (nSPS) is 11.9. The van der Waals surface area contributed by atoms with Crippen LogP contribution in [-0.2, 0) is 17.0 Å². The van der Waals surface area contributed by atoms with Crippen molar-refractivity contribution in [3.63, 3.8) is 0 Å². The van der Waals surface area contributed by atoms with Gasteiger partial charge in [0.05, 0.1) is 19.5 Å². The molecule has 1 unspecified atom stereocenters. The number of carbonyl (C=O) groups excluding carboxylic acids is 1. The number of benzene rings is 2. The molecule has 0 aromatic heterocycles. The Labute approximate surface area is 166 Å². The van der Waals surface area contributed by atoms with E-state index in [1.807, 2.05) is 36.4 Å². The fourth-order valence-corrected chi connectivity index (χ4v) is 3.99. The van der Waals surface area contributed by atoms with E-state index in [-0.39, 0.29) is 17.1 Å². The lowest BCUT2D eigenvalue weighted by molar-refractivity contribution is -0.121. The van der Waals surface area contributed by atoms with Gasteiger partial charge in [0.1, 0.15) is 11.5 Å². The second-order valence-corrected chi connectivity index (χ2v) is 7.81. The Balaban J connectivity index is 1.88. The first-order valence-electron chi connectivity index (χ1n) is 9.19. The zero-order chi connectivity index (χ0) is 19.6. The first kappa shape index (κ1) is 21.2. The number of amides is 1. The van der Waals surface area contributed by atoms with Crippen LogP contribution in [0.5, 0.6) is 11.5 Å². The van der Waals surface area contributed by atoms with Crippen molar-refractivity contribution in [2.75, 3.05) is 20.8 Å². The van der Waals surface area contributed by atoms with Crippen molar-refractivity contribution in [1.29, 1.82) is 0 Å². The molecule has 0 aliphatic rings. The lowest BCUT2D eigenvalue weighted by atomic mass is 10.1. The van der Waals surface area contributed by atoms with Gasteiger partial charge in [0.25, 0.3) is 0 Å². The molecule has 2 rings (SSSR count). The molecule has 0 aliphatic heterocycles. The van der Waals surface area contributed by atoms with Gasteiger partial charge in [0, 0.05) is 18.4 Å². The number of methoxy groups -OCH3 is 2. The Hall–Kier alpha value is -2.14. The minimum atomic E-state index is -0.0667. The lowest BCUT2D eigenvalue weighted by Crippen LogP contribution is -2.37. The van der Waals surface area contributed by atoms with Crippen molar-refractivity contribution < 1.29 is 14.3 Å². The highest BCUT2D eigenvalue weighted by Crippen LogP contribution is 2.26. The van der Waals surface area contributed by atoms with Crippen molar-refractivity contribution in [3.8, 4) is 11.5 Å². The van der Waals surface area contributed by atoms with Crippen molar-refractivity contribution in [2.24, 2.45) is 5.92 Å². The molecule has 1 amide bonds. The minimum absolute atomic E-state index is 0.0667. The van der Waals surface area contributed by atoms with Crippen molar-refractivity contribution in [3.05, 3.63) is 59.7 Å². The van der Waals surface area contributed by atoms with Crippen LogP contribution >= 0.6 is 11.8 Å². The highest BCUT2D eigenvalue weighted by molar-refractivity contribution is 7.99. The summed E-state index contributed by atoms with van der Waals surface area (Å²) in [5.74, 6) is 2.75. The van der Waals surface area contributed by atoms with Gasteiger partial charge >= 0.3 is 0 Å². The van der Waals surface area contributed by atoms with E-state index in [4.69, 9.17) is 9.47 Å². The Morgan fingerprint density at radius 2 is 1.81 bits per heavy atom. The predicted molar refractivity (Wildman–Crippen MR) is 113 cm³/mol. The Kier molecular flexibility index (Phi) is 8.52. The molecule has 0 radical (unpaired) electrons. The molecule has 2 aromatic carbocycles. The van der Waals surface area contributed by atoms with E-state index in [0.29, 0.717) is 13.0 Å². The quantitative estimate of drug-likeness (QED) is 0.659. The fraction of sp³-hybridized carbons (Fsp3) is 0.409. The van der Waals surface area contributed by atoms with Gasteiger partial charge in [0.2, 0.25) is 5.91 Å². The summed E-state index contributed by atoms with van der Waals surface area (Å²) in [6, 6.07) is 16.0. The van der Waals surface area contributed by atoms with E-state index >= 15 is 0 Å². The predicted octanol–water partition coefficient (Wildman–Crippen LogP) is 4.32. The fourth-order valence-electron chi connectivity index (χ4n) is 2.81. The van der Waals surface area contributed by atoms with Crippen LogP contribution in [0, 0.1) is 5.92 Å². The molecule has 146 valence electrons. The number of hydrogen-bond acceptors (Lipinski definition) is 4. The van der Waals surface area contributed by atoms with Crippen LogP contribution in [0.15, 0.2) is 48.5 Å². The van der Waals surface area contributed by atoms with Crippen LogP contribution in [0.2, 0.25) is 0 Å². The molecule has 0 fully saturated rings. The summed E-state index contributed by atoms with van der Waals surface area (Å²) in [5, 5.41) is 3.02. The van der Waals surface area contributed by atoms with Crippen LogP contribution in [-0.4, -0.2) is 31.9 Å². The summed E-state index contributed by atoms with van der Waals surface area (Å²) in [4.78, 5) is 12.7. The monoisotopic (exact) mass is 387 g/mol. The smallest absolute Gasteiger partial charge is 0.233 e. The summed E-state index contributed by atoms with van der Waals surface area (Å²) >= 11 is 1.70. The molecule has 5 heteroatoms. The summed E-state index contributed by atoms with van der Waals surface area (Å²) in [6.45, 7) is 4.76. The molecular formula is C22H29NO3S. The maximum absolute atomic E-state index is 12.7. The van der Waals surface area contributed by atoms with Crippen molar-refractivity contribution in [1.82, 2.24) is 5.32 Å². The second kappa shape index (κ2) is 10.9. The van der Waals surface area contributed by atoms with Gasteiger partial charge in [-0.15, -0.1) is 11.8 Å². The van der Waals surface area contributed by atoms with Gasteiger partial charge in [-0.1, -0.05) is 50.2 Å². The summed E-state index contributed by atoms with van der Waals surface area (Å²) in [5.41, 5.74) is 2.29. The first-order chi connectivity index (χ1) is 13.0. The largest absolute Gasteiger partial charge is 0.497 e. The molecular weight excluding hydrogens is 358 g/mol. The highest BCUT2D eigenvalue weighted by atomic mass is 32.2. The Bertz CT molecular complexity index is 719. The van der Waals surface area contributed by atoms with Crippen LogP contribution in [0.4, 0.5) is 0 Å². The van der Waals surface area contributed by atoms with Gasteiger partial charge in [-0.3, -0.25) is 4.79 Å². The third kappa shape index (κ3) is 6.51. The topological polar surface area (TPSA) is 47.6 Å². The van der Waals surface area contributed by atoms with Gasteiger partial charge in [-0.25, -0.2) is 0 Å². The van der Waals surface area contributed by atoms with Crippen LogP contribution in [0.1, 0.15) is 25.0 Å². The highest BCUT2D eigenvalue weighted by Gasteiger charge is 2.22. The average molecular weight is 388 g/mol.